The van der Waals surface area contributed by atoms with Crippen molar-refractivity contribution in [1.82, 2.24) is 0 Å². The van der Waals surface area contributed by atoms with E-state index in [1.165, 1.54) is 66.8 Å². The van der Waals surface area contributed by atoms with Crippen LogP contribution in [0.2, 0.25) is 13.1 Å². The summed E-state index contributed by atoms with van der Waals surface area (Å²) in [7, 11) is 0. The molecule has 0 atom stereocenters. The van der Waals surface area contributed by atoms with Crippen LogP contribution in [0.15, 0.2) is 60.7 Å². The minimum Gasteiger partial charge on any atom is -1.00 e. The minimum atomic E-state index is 0. The summed E-state index contributed by atoms with van der Waals surface area (Å²) in [4.78, 5) is 0. The van der Waals surface area contributed by atoms with E-state index in [9.17, 15) is 0 Å². The average Bonchev–Trinajstić information content (AvgIpc) is 3.11. The molecule has 0 heterocycles. The molecule has 0 bridgehead atoms. The molecule has 0 spiro atoms. The molecule has 0 aromatic heterocycles. The molecule has 0 saturated heterocycles. The van der Waals surface area contributed by atoms with Gasteiger partial charge in [-0.05, 0) is 13.8 Å². The first-order chi connectivity index (χ1) is 12.3. The summed E-state index contributed by atoms with van der Waals surface area (Å²) in [5.41, 5.74) is 5.71. The maximum absolute atomic E-state index is 2.33. The molecule has 0 aliphatic rings. The second-order valence-electron chi connectivity index (χ2n) is 7.22. The molecule has 0 nitrogen and oxygen atoms in total. The van der Waals surface area contributed by atoms with Crippen molar-refractivity contribution in [3.63, 3.8) is 0 Å². The van der Waals surface area contributed by atoms with Crippen molar-refractivity contribution < 1.29 is 47.8 Å². The Labute approximate surface area is 197 Å². The van der Waals surface area contributed by atoms with Crippen molar-refractivity contribution in [2.45, 2.75) is 40.8 Å². The van der Waals surface area contributed by atoms with E-state index >= 15 is 0 Å². The first-order valence-electron chi connectivity index (χ1n) is 9.05. The van der Waals surface area contributed by atoms with Gasteiger partial charge in [0, 0.05) is 0 Å². The molecule has 0 aliphatic heterocycles. The van der Waals surface area contributed by atoms with Gasteiger partial charge in [0.05, 0.1) is 0 Å². The van der Waals surface area contributed by atoms with Crippen LogP contribution in [0.3, 0.4) is 0 Å². The maximum Gasteiger partial charge on any atom is -0.0488 e. The molecule has 4 heteroatoms. The Kier molecular flexibility index (Phi) is 12.5. The van der Waals surface area contributed by atoms with Gasteiger partial charge in [0.1, 0.15) is 0 Å². The Morgan fingerprint density at radius 1 is 0.679 bits per heavy atom. The number of halogens is 2. The van der Waals surface area contributed by atoms with E-state index in [1.54, 1.807) is 0 Å². The van der Waals surface area contributed by atoms with Crippen LogP contribution in [0.25, 0.3) is 21.5 Å². The van der Waals surface area contributed by atoms with Gasteiger partial charge in [-0.2, -0.15) is 12.1 Å². The summed E-state index contributed by atoms with van der Waals surface area (Å²) in [6.45, 7) is 13.2. The molecule has 4 aromatic rings. The van der Waals surface area contributed by atoms with E-state index in [2.05, 4.69) is 101 Å². The fourth-order valence-corrected chi connectivity index (χ4v) is 3.08. The van der Waals surface area contributed by atoms with Gasteiger partial charge in [-0.1, -0.05) is 37.1 Å². The van der Waals surface area contributed by atoms with Gasteiger partial charge in [-0.25, -0.2) is 0 Å². The predicted molar refractivity (Wildman–Crippen MR) is 116 cm³/mol. The summed E-state index contributed by atoms with van der Waals surface area (Å²) in [6.07, 6.45) is 0. The van der Waals surface area contributed by atoms with E-state index in [4.69, 9.17) is 0 Å². The minimum absolute atomic E-state index is 0. The Hall–Kier alpha value is -0.673. The normalized spacial score (nSPS) is 9.43. The molecule has 4 aromatic carbocycles. The third kappa shape index (κ3) is 7.98. The van der Waals surface area contributed by atoms with Gasteiger partial charge < -0.3 is 24.8 Å². The number of rotatable bonds is 0. The number of benzene rings is 2. The third-order valence-electron chi connectivity index (χ3n) is 4.23. The van der Waals surface area contributed by atoms with Crippen molar-refractivity contribution in [2.24, 2.45) is 0 Å². The second kappa shape index (κ2) is 12.8. The van der Waals surface area contributed by atoms with Crippen LogP contribution in [0, 0.1) is 27.7 Å². The monoisotopic (exact) mass is 594 g/mol. The molecule has 0 saturated carbocycles. The Morgan fingerprint density at radius 2 is 1.00 bits per heavy atom. The topological polar surface area (TPSA) is 0 Å². The zero-order valence-electron chi connectivity index (χ0n) is 17.5. The Balaban J connectivity index is 0.000000415. The fraction of sp³-hybridized carbons (Fsp3) is 0.250. The molecule has 0 amide bonds. The van der Waals surface area contributed by atoms with Crippen molar-refractivity contribution >= 4 is 27.0 Å². The molecule has 0 unspecified atom stereocenters. The standard InChI is InChI=1S/2C11H11.C2H6Si.2ClH.Hf/c2*1-8-6-10-5-3-4-9(2)11(10)7-8;1-3-2;;;/h2*3-7H,1-2H3;1-2H3;2*1H;/q2*-1;;;;+2/p-2. The van der Waals surface area contributed by atoms with E-state index in [0.29, 0.717) is 0 Å². The summed E-state index contributed by atoms with van der Waals surface area (Å²) >= 11 is 1.45. The van der Waals surface area contributed by atoms with Crippen LogP contribution in [0.5, 0.6) is 0 Å². The van der Waals surface area contributed by atoms with Crippen molar-refractivity contribution in [1.29, 1.82) is 0 Å². The number of hydrogen-bond donors (Lipinski definition) is 0. The summed E-state index contributed by atoms with van der Waals surface area (Å²) < 4.78 is 0. The molecule has 4 rings (SSSR count). The van der Waals surface area contributed by atoms with Gasteiger partial charge in [0.15, 0.2) is 0 Å². The zero-order chi connectivity index (χ0) is 19.3. The largest absolute Gasteiger partial charge is 1.00 e. The fourth-order valence-electron chi connectivity index (χ4n) is 3.08. The predicted octanol–water partition coefficient (Wildman–Crippen LogP) is 1.14. The van der Waals surface area contributed by atoms with Crippen LogP contribution in [-0.2, 0) is 23.0 Å². The molecule has 28 heavy (non-hydrogen) atoms. The quantitative estimate of drug-likeness (QED) is 0.212. The molecule has 0 N–H and O–H groups in total. The van der Waals surface area contributed by atoms with Gasteiger partial charge in [0.2, 0.25) is 0 Å². The van der Waals surface area contributed by atoms with Gasteiger partial charge >= 0.3 is 41.6 Å². The maximum atomic E-state index is 2.33. The molecular formula is C24H28Cl2HfSi-2. The summed E-state index contributed by atoms with van der Waals surface area (Å²) in [5.74, 6) is 0. The smallest absolute Gasteiger partial charge is 0.0488 e. The molecule has 0 fully saturated rings. The van der Waals surface area contributed by atoms with E-state index < -0.39 is 0 Å². The first-order valence-corrected chi connectivity index (χ1v) is 16.9. The summed E-state index contributed by atoms with van der Waals surface area (Å²) in [6, 6.07) is 21.8. The van der Waals surface area contributed by atoms with Crippen molar-refractivity contribution in [2.75, 3.05) is 0 Å². The number of hydrogen-bond acceptors (Lipinski definition) is 0. The van der Waals surface area contributed by atoms with Gasteiger partial charge in [-0.3, -0.25) is 0 Å². The molecule has 0 radical (unpaired) electrons. The molecular weight excluding hydrogens is 566 g/mol. The third-order valence-corrected chi connectivity index (χ3v) is 4.23. The SMILES string of the molecule is C[Si](C)=[Hf+2].Cc1cc2c(C)cccc2[cH-]1.Cc1cc2c(C)cccc2[cH-]1.[Cl-].[Cl-]. The van der Waals surface area contributed by atoms with E-state index in [-0.39, 0.29) is 30.3 Å². The van der Waals surface area contributed by atoms with Crippen molar-refractivity contribution in [3.8, 4) is 0 Å². The van der Waals surface area contributed by atoms with Gasteiger partial charge in [0.25, 0.3) is 0 Å². The first kappa shape index (κ1) is 27.3. The van der Waals surface area contributed by atoms with Gasteiger partial charge in [-0.15, -0.1) is 69.1 Å². The zero-order valence-corrected chi connectivity index (χ0v) is 23.6. The Bertz CT molecular complexity index is 946. The second-order valence-corrected chi connectivity index (χ2v) is 20.0. The summed E-state index contributed by atoms with van der Waals surface area (Å²) in [5, 5.41) is 5.51. The Morgan fingerprint density at radius 3 is 1.29 bits per heavy atom. The van der Waals surface area contributed by atoms with Crippen LogP contribution in [-0.4, -0.2) is 5.49 Å². The van der Waals surface area contributed by atoms with Crippen LogP contribution in [0.4, 0.5) is 0 Å². The average molecular weight is 594 g/mol. The van der Waals surface area contributed by atoms with Crippen molar-refractivity contribution in [3.05, 3.63) is 82.9 Å². The number of fused-ring (bicyclic) bond motifs is 2. The molecule has 0 aliphatic carbocycles. The number of aryl methyl sites for hydroxylation is 4. The van der Waals surface area contributed by atoms with Crippen LogP contribution in [0.1, 0.15) is 22.3 Å². The van der Waals surface area contributed by atoms with Crippen LogP contribution < -0.4 is 24.8 Å². The van der Waals surface area contributed by atoms with Crippen LogP contribution >= 0.6 is 0 Å². The van der Waals surface area contributed by atoms with E-state index in [1.807, 2.05) is 0 Å². The molecule has 148 valence electrons. The van der Waals surface area contributed by atoms with E-state index in [0.717, 1.165) is 0 Å².